The Bertz CT molecular complexity index is 443. The summed E-state index contributed by atoms with van der Waals surface area (Å²) in [5, 5.41) is 29.4. The molecule has 0 saturated heterocycles. The number of hydrogen-bond acceptors (Lipinski definition) is 5. The summed E-state index contributed by atoms with van der Waals surface area (Å²) < 4.78 is 26.1. The number of thiol groups is 1. The summed E-state index contributed by atoms with van der Waals surface area (Å²) in [6.07, 6.45) is -3.24. The van der Waals surface area contributed by atoms with Gasteiger partial charge in [-0.15, -0.1) is 0 Å². The molecule has 1 aromatic carbocycles. The van der Waals surface area contributed by atoms with E-state index in [1.807, 2.05) is 0 Å². The summed E-state index contributed by atoms with van der Waals surface area (Å²) in [7, 11) is 0. The van der Waals surface area contributed by atoms with E-state index in [1.54, 1.807) is 0 Å². The lowest BCUT2D eigenvalue weighted by molar-refractivity contribution is -0.389. The Hall–Kier alpha value is -1.25. The van der Waals surface area contributed by atoms with Gasteiger partial charge in [-0.05, 0) is 6.07 Å². The van der Waals surface area contributed by atoms with Crippen molar-refractivity contribution in [3.63, 3.8) is 0 Å². The highest BCUT2D eigenvalue weighted by molar-refractivity contribution is 7.80. The topological polar surface area (TPSA) is 83.6 Å². The molecule has 0 bridgehead atoms. The molecule has 0 radical (unpaired) electrons. The number of nitrogens with zero attached hydrogens (tertiary/aromatic N) is 1. The Morgan fingerprint density at radius 1 is 1.41 bits per heavy atom. The molecule has 5 nitrogen and oxygen atoms in total. The average Bonchev–Trinajstić information content (AvgIpc) is 2.25. The molecule has 0 heterocycles. The van der Waals surface area contributed by atoms with Gasteiger partial charge in [-0.25, -0.2) is 4.39 Å². The van der Waals surface area contributed by atoms with Crippen LogP contribution in [0.15, 0.2) is 12.1 Å². The van der Waals surface area contributed by atoms with Crippen molar-refractivity contribution < 1.29 is 23.9 Å². The summed E-state index contributed by atoms with van der Waals surface area (Å²) in [6, 6.07) is 0.944. The van der Waals surface area contributed by atoms with Crippen LogP contribution in [0.1, 0.15) is 11.7 Å². The highest BCUT2D eigenvalue weighted by Crippen LogP contribution is 2.31. The highest BCUT2D eigenvalue weighted by Gasteiger charge is 2.29. The molecule has 2 N–H and O–H groups in total. The van der Waals surface area contributed by atoms with Gasteiger partial charge in [0.05, 0.1) is 16.6 Å². The molecule has 1 rings (SSSR count). The van der Waals surface area contributed by atoms with Crippen molar-refractivity contribution in [2.75, 3.05) is 5.75 Å². The van der Waals surface area contributed by atoms with Crippen LogP contribution in [0.4, 0.5) is 14.5 Å². The van der Waals surface area contributed by atoms with E-state index in [4.69, 9.17) is 0 Å². The summed E-state index contributed by atoms with van der Waals surface area (Å²) >= 11 is 3.68. The number of halogens is 2. The zero-order valence-electron chi connectivity index (χ0n) is 8.38. The SMILES string of the molecule is O=[N+]([O-])c1c(F)cc(F)cc1C(O)C(O)CS. The minimum Gasteiger partial charge on any atom is -0.389 e. The minimum absolute atomic E-state index is 0.212. The second-order valence-electron chi connectivity index (χ2n) is 3.28. The van der Waals surface area contributed by atoms with Gasteiger partial charge in [0.2, 0.25) is 5.82 Å². The molecule has 0 spiro atoms. The maximum absolute atomic E-state index is 13.2. The fraction of sp³-hybridized carbons (Fsp3) is 0.333. The van der Waals surface area contributed by atoms with Crippen LogP contribution in [0.2, 0.25) is 0 Å². The molecular weight excluding hydrogens is 256 g/mol. The third-order valence-electron chi connectivity index (χ3n) is 2.11. The molecule has 0 aromatic heterocycles. The minimum atomic E-state index is -1.78. The van der Waals surface area contributed by atoms with Gasteiger partial charge in [-0.3, -0.25) is 10.1 Å². The number of benzene rings is 1. The van der Waals surface area contributed by atoms with Crippen LogP contribution in [0.3, 0.4) is 0 Å². The molecule has 0 aliphatic carbocycles. The molecule has 2 atom stereocenters. The van der Waals surface area contributed by atoms with Crippen LogP contribution in [0.5, 0.6) is 0 Å². The monoisotopic (exact) mass is 265 g/mol. The van der Waals surface area contributed by atoms with Crippen LogP contribution in [-0.4, -0.2) is 27.0 Å². The summed E-state index contributed by atoms with van der Waals surface area (Å²) in [6.45, 7) is 0. The molecule has 0 saturated carbocycles. The van der Waals surface area contributed by atoms with Crippen molar-refractivity contribution in [1.29, 1.82) is 0 Å². The standard InChI is InChI=1S/C9H9F2NO4S/c10-4-1-5(9(14)7(13)3-17)8(12(15)16)6(11)2-4/h1-2,7,9,13-14,17H,3H2. The Morgan fingerprint density at radius 2 is 2.00 bits per heavy atom. The first-order chi connectivity index (χ1) is 7.88. The molecule has 0 amide bonds. The quantitative estimate of drug-likeness (QED) is 0.434. The van der Waals surface area contributed by atoms with Crippen molar-refractivity contribution in [3.05, 3.63) is 39.4 Å². The average molecular weight is 265 g/mol. The third kappa shape index (κ3) is 2.90. The number of nitro benzene ring substituents is 1. The van der Waals surface area contributed by atoms with Crippen molar-refractivity contribution >= 4 is 18.3 Å². The molecule has 0 aliphatic rings. The van der Waals surface area contributed by atoms with Crippen LogP contribution >= 0.6 is 12.6 Å². The first-order valence-corrected chi connectivity index (χ1v) is 5.12. The van der Waals surface area contributed by atoms with E-state index in [0.717, 1.165) is 0 Å². The second-order valence-corrected chi connectivity index (χ2v) is 3.64. The van der Waals surface area contributed by atoms with Crippen LogP contribution in [-0.2, 0) is 0 Å². The lowest BCUT2D eigenvalue weighted by atomic mass is 10.0. The number of nitro groups is 1. The number of aliphatic hydroxyl groups excluding tert-OH is 2. The van der Waals surface area contributed by atoms with Gasteiger partial charge in [-0.1, -0.05) is 0 Å². The molecule has 17 heavy (non-hydrogen) atoms. The number of rotatable bonds is 4. The number of hydrogen-bond donors (Lipinski definition) is 3. The smallest absolute Gasteiger partial charge is 0.310 e. The molecular formula is C9H9F2NO4S. The van der Waals surface area contributed by atoms with Gasteiger partial charge >= 0.3 is 5.69 Å². The Labute approximate surface area is 100 Å². The maximum Gasteiger partial charge on any atom is 0.310 e. The largest absolute Gasteiger partial charge is 0.389 e. The normalized spacial score (nSPS) is 14.4. The lowest BCUT2D eigenvalue weighted by Crippen LogP contribution is -2.21. The summed E-state index contributed by atoms with van der Waals surface area (Å²) in [4.78, 5) is 9.52. The van der Waals surface area contributed by atoms with Gasteiger partial charge in [-0.2, -0.15) is 17.0 Å². The van der Waals surface area contributed by atoms with Gasteiger partial charge < -0.3 is 10.2 Å². The second kappa shape index (κ2) is 5.39. The van der Waals surface area contributed by atoms with Crippen LogP contribution in [0.25, 0.3) is 0 Å². The zero-order chi connectivity index (χ0) is 13.2. The Kier molecular flexibility index (Phi) is 4.38. The van der Waals surface area contributed by atoms with E-state index in [9.17, 15) is 29.1 Å². The van der Waals surface area contributed by atoms with E-state index in [2.05, 4.69) is 12.6 Å². The highest BCUT2D eigenvalue weighted by atomic mass is 32.1. The van der Waals surface area contributed by atoms with Gasteiger partial charge in [0.1, 0.15) is 11.9 Å². The zero-order valence-corrected chi connectivity index (χ0v) is 9.27. The predicted octanol–water partition coefficient (Wildman–Crippen LogP) is 1.20. The third-order valence-corrected chi connectivity index (χ3v) is 2.48. The fourth-order valence-corrected chi connectivity index (χ4v) is 1.51. The van der Waals surface area contributed by atoms with Crippen molar-refractivity contribution in [3.8, 4) is 0 Å². The Balaban J connectivity index is 3.35. The van der Waals surface area contributed by atoms with Crippen molar-refractivity contribution in [2.45, 2.75) is 12.2 Å². The molecule has 8 heteroatoms. The molecule has 0 aliphatic heterocycles. The van der Waals surface area contributed by atoms with Gasteiger partial charge in [0, 0.05) is 11.8 Å². The molecule has 2 unspecified atom stereocenters. The molecule has 0 fully saturated rings. The Morgan fingerprint density at radius 3 is 2.47 bits per heavy atom. The van der Waals surface area contributed by atoms with Crippen LogP contribution < -0.4 is 0 Å². The van der Waals surface area contributed by atoms with E-state index in [-0.39, 0.29) is 5.75 Å². The summed E-state index contributed by atoms with van der Waals surface area (Å²) in [5.74, 6) is -2.69. The summed E-state index contributed by atoms with van der Waals surface area (Å²) in [5.41, 5.74) is -1.67. The van der Waals surface area contributed by atoms with E-state index in [0.29, 0.717) is 12.1 Å². The van der Waals surface area contributed by atoms with Gasteiger partial charge in [0.25, 0.3) is 0 Å². The number of aliphatic hydroxyl groups is 2. The van der Waals surface area contributed by atoms with Crippen molar-refractivity contribution in [2.24, 2.45) is 0 Å². The first-order valence-electron chi connectivity index (χ1n) is 4.48. The van der Waals surface area contributed by atoms with E-state index >= 15 is 0 Å². The van der Waals surface area contributed by atoms with E-state index < -0.39 is 40.0 Å². The predicted molar refractivity (Wildman–Crippen MR) is 57.8 cm³/mol. The maximum atomic E-state index is 13.2. The molecule has 94 valence electrons. The lowest BCUT2D eigenvalue weighted by Gasteiger charge is -2.16. The fourth-order valence-electron chi connectivity index (χ4n) is 1.31. The van der Waals surface area contributed by atoms with Crippen molar-refractivity contribution in [1.82, 2.24) is 0 Å². The van der Waals surface area contributed by atoms with Crippen LogP contribution in [0, 0.1) is 21.7 Å². The first kappa shape index (κ1) is 13.8. The van der Waals surface area contributed by atoms with E-state index in [1.165, 1.54) is 0 Å². The van der Waals surface area contributed by atoms with Gasteiger partial charge in [0.15, 0.2) is 0 Å². The molecule has 1 aromatic rings.